The first kappa shape index (κ1) is 21.8. The molecule has 0 aliphatic heterocycles. The summed E-state index contributed by atoms with van der Waals surface area (Å²) in [5, 5.41) is 22.6. The van der Waals surface area contributed by atoms with E-state index in [1.54, 1.807) is 0 Å². The van der Waals surface area contributed by atoms with E-state index in [0.717, 1.165) is 5.56 Å². The number of amides is 1. The standard InChI is InChI=1S/C20H20ClN5O3S/c1-12(2)13-4-6-14(7-5-13)19-23-24-20(25(19)3)30-11-18(27)22-15-8-9-16(21)17(10-15)26(28)29/h4-10,12H,11H2,1-3H3,(H,22,27). The molecule has 156 valence electrons. The van der Waals surface area contributed by atoms with Crippen molar-refractivity contribution in [3.63, 3.8) is 0 Å². The van der Waals surface area contributed by atoms with Crippen LogP contribution in [0.1, 0.15) is 25.3 Å². The van der Waals surface area contributed by atoms with Crippen molar-refractivity contribution in [1.82, 2.24) is 14.8 Å². The van der Waals surface area contributed by atoms with Crippen molar-refractivity contribution in [2.45, 2.75) is 24.9 Å². The lowest BCUT2D eigenvalue weighted by molar-refractivity contribution is -0.384. The first-order valence-electron chi connectivity index (χ1n) is 9.12. The summed E-state index contributed by atoms with van der Waals surface area (Å²) < 4.78 is 1.83. The van der Waals surface area contributed by atoms with Crippen molar-refractivity contribution in [1.29, 1.82) is 0 Å². The normalized spacial score (nSPS) is 11.0. The molecule has 0 saturated carbocycles. The lowest BCUT2D eigenvalue weighted by Gasteiger charge is -2.08. The molecule has 0 bridgehead atoms. The zero-order valence-corrected chi connectivity index (χ0v) is 18.2. The van der Waals surface area contributed by atoms with Crippen molar-refractivity contribution in [2.24, 2.45) is 7.05 Å². The van der Waals surface area contributed by atoms with E-state index >= 15 is 0 Å². The molecule has 0 unspecified atom stereocenters. The van der Waals surface area contributed by atoms with Gasteiger partial charge in [-0.2, -0.15) is 0 Å². The van der Waals surface area contributed by atoms with Crippen LogP contribution in [-0.2, 0) is 11.8 Å². The third-order valence-corrected chi connectivity index (χ3v) is 5.77. The van der Waals surface area contributed by atoms with Crippen LogP contribution in [0.25, 0.3) is 11.4 Å². The van der Waals surface area contributed by atoms with Gasteiger partial charge in [0.15, 0.2) is 11.0 Å². The fraction of sp³-hybridized carbons (Fsp3) is 0.250. The highest BCUT2D eigenvalue weighted by molar-refractivity contribution is 7.99. The van der Waals surface area contributed by atoms with Crippen LogP contribution in [-0.4, -0.2) is 31.3 Å². The van der Waals surface area contributed by atoms with Gasteiger partial charge in [0, 0.05) is 24.4 Å². The summed E-state index contributed by atoms with van der Waals surface area (Å²) in [5.41, 5.74) is 2.23. The molecule has 0 fully saturated rings. The lowest BCUT2D eigenvalue weighted by atomic mass is 10.0. The molecule has 1 heterocycles. The average molecular weight is 446 g/mol. The van der Waals surface area contributed by atoms with Gasteiger partial charge in [-0.25, -0.2) is 0 Å². The number of halogens is 1. The zero-order chi connectivity index (χ0) is 21.8. The molecule has 8 nitrogen and oxygen atoms in total. The Bertz CT molecular complexity index is 1080. The predicted molar refractivity (Wildman–Crippen MR) is 118 cm³/mol. The molecule has 1 aromatic heterocycles. The highest BCUT2D eigenvalue weighted by Crippen LogP contribution is 2.28. The smallest absolute Gasteiger partial charge is 0.289 e. The maximum Gasteiger partial charge on any atom is 0.289 e. The van der Waals surface area contributed by atoms with Gasteiger partial charge in [0.2, 0.25) is 5.91 Å². The number of nitrogens with one attached hydrogen (secondary N) is 1. The largest absolute Gasteiger partial charge is 0.325 e. The van der Waals surface area contributed by atoms with Crippen LogP contribution in [0.4, 0.5) is 11.4 Å². The Kier molecular flexibility index (Phi) is 6.73. The number of carbonyl (C=O) groups is 1. The summed E-state index contributed by atoms with van der Waals surface area (Å²) in [5.74, 6) is 0.920. The molecule has 0 radical (unpaired) electrons. The summed E-state index contributed by atoms with van der Waals surface area (Å²) in [7, 11) is 1.84. The Hall–Kier alpha value is -2.91. The van der Waals surface area contributed by atoms with E-state index < -0.39 is 4.92 Å². The molecule has 1 N–H and O–H groups in total. The summed E-state index contributed by atoms with van der Waals surface area (Å²) >= 11 is 7.02. The molecule has 0 atom stereocenters. The van der Waals surface area contributed by atoms with Crippen LogP contribution in [0.5, 0.6) is 0 Å². The van der Waals surface area contributed by atoms with Crippen LogP contribution in [0.15, 0.2) is 47.6 Å². The van der Waals surface area contributed by atoms with E-state index in [2.05, 4.69) is 41.5 Å². The lowest BCUT2D eigenvalue weighted by Crippen LogP contribution is -2.14. The van der Waals surface area contributed by atoms with Crippen molar-refractivity contribution >= 4 is 40.6 Å². The number of nitro groups is 1. The fourth-order valence-electron chi connectivity index (χ4n) is 2.77. The van der Waals surface area contributed by atoms with Gasteiger partial charge in [-0.05, 0) is 23.6 Å². The highest BCUT2D eigenvalue weighted by atomic mass is 35.5. The van der Waals surface area contributed by atoms with Gasteiger partial charge < -0.3 is 9.88 Å². The van der Waals surface area contributed by atoms with Crippen molar-refractivity contribution in [3.8, 4) is 11.4 Å². The number of hydrogen-bond donors (Lipinski definition) is 1. The number of carbonyl (C=O) groups excluding carboxylic acids is 1. The van der Waals surface area contributed by atoms with Gasteiger partial charge in [0.25, 0.3) is 5.69 Å². The van der Waals surface area contributed by atoms with Crippen LogP contribution in [0, 0.1) is 10.1 Å². The number of aromatic nitrogens is 3. The molecule has 2 aromatic carbocycles. The van der Waals surface area contributed by atoms with Gasteiger partial charge in [-0.15, -0.1) is 10.2 Å². The number of rotatable bonds is 7. The van der Waals surface area contributed by atoms with Crippen LogP contribution in [0.2, 0.25) is 5.02 Å². The minimum atomic E-state index is -0.596. The molecule has 0 spiro atoms. The van der Waals surface area contributed by atoms with E-state index in [9.17, 15) is 14.9 Å². The Balaban J connectivity index is 1.64. The molecular formula is C20H20ClN5O3S. The van der Waals surface area contributed by atoms with E-state index in [0.29, 0.717) is 22.6 Å². The maximum atomic E-state index is 12.2. The number of benzene rings is 2. The van der Waals surface area contributed by atoms with Crippen LogP contribution < -0.4 is 5.32 Å². The summed E-state index contributed by atoms with van der Waals surface area (Å²) in [6, 6.07) is 12.3. The Morgan fingerprint density at radius 1 is 1.23 bits per heavy atom. The van der Waals surface area contributed by atoms with Gasteiger partial charge >= 0.3 is 0 Å². The van der Waals surface area contributed by atoms with Gasteiger partial charge in [-0.1, -0.05) is 61.5 Å². The quantitative estimate of drug-likeness (QED) is 0.315. The van der Waals surface area contributed by atoms with E-state index in [4.69, 9.17) is 11.6 Å². The first-order chi connectivity index (χ1) is 14.3. The molecule has 0 aliphatic carbocycles. The molecule has 0 saturated heterocycles. The first-order valence-corrected chi connectivity index (χ1v) is 10.5. The summed E-state index contributed by atoms with van der Waals surface area (Å²) in [6.07, 6.45) is 0. The number of hydrogen-bond acceptors (Lipinski definition) is 6. The Labute approximate surface area is 182 Å². The molecule has 1 amide bonds. The minimum absolute atomic E-state index is 0.0143. The average Bonchev–Trinajstić information content (AvgIpc) is 3.08. The maximum absolute atomic E-state index is 12.2. The number of nitro benzene ring substituents is 1. The predicted octanol–water partition coefficient (Wildman–Crippen LogP) is 4.90. The fourth-order valence-corrected chi connectivity index (χ4v) is 3.66. The van der Waals surface area contributed by atoms with Crippen molar-refractivity contribution < 1.29 is 9.72 Å². The van der Waals surface area contributed by atoms with Gasteiger partial charge in [0.1, 0.15) is 5.02 Å². The van der Waals surface area contributed by atoms with Gasteiger partial charge in [0.05, 0.1) is 10.7 Å². The second-order valence-corrected chi connectivity index (χ2v) is 8.25. The SMILES string of the molecule is CC(C)c1ccc(-c2nnc(SCC(=O)Nc3ccc(Cl)c([N+](=O)[O-])c3)n2C)cc1. The highest BCUT2D eigenvalue weighted by Gasteiger charge is 2.16. The van der Waals surface area contributed by atoms with Crippen molar-refractivity contribution in [3.05, 3.63) is 63.2 Å². The summed E-state index contributed by atoms with van der Waals surface area (Å²) in [4.78, 5) is 22.6. The molecule has 30 heavy (non-hydrogen) atoms. The van der Waals surface area contributed by atoms with E-state index in [1.807, 2.05) is 23.7 Å². The minimum Gasteiger partial charge on any atom is -0.325 e. The van der Waals surface area contributed by atoms with Crippen LogP contribution >= 0.6 is 23.4 Å². The third kappa shape index (κ3) is 4.98. The molecule has 0 aliphatic rings. The molecule has 3 rings (SSSR count). The number of anilines is 1. The molecule has 3 aromatic rings. The van der Waals surface area contributed by atoms with E-state index in [-0.39, 0.29) is 22.4 Å². The van der Waals surface area contributed by atoms with Crippen LogP contribution in [0.3, 0.4) is 0 Å². The Morgan fingerprint density at radius 3 is 2.57 bits per heavy atom. The Morgan fingerprint density at radius 2 is 1.93 bits per heavy atom. The monoisotopic (exact) mass is 445 g/mol. The zero-order valence-electron chi connectivity index (χ0n) is 16.6. The topological polar surface area (TPSA) is 103 Å². The second kappa shape index (κ2) is 9.27. The number of nitrogens with zero attached hydrogens (tertiary/aromatic N) is 4. The molecule has 10 heteroatoms. The third-order valence-electron chi connectivity index (χ3n) is 4.43. The summed E-state index contributed by atoms with van der Waals surface area (Å²) in [6.45, 7) is 4.28. The molecular weight excluding hydrogens is 426 g/mol. The van der Waals surface area contributed by atoms with Gasteiger partial charge in [-0.3, -0.25) is 14.9 Å². The van der Waals surface area contributed by atoms with Crippen molar-refractivity contribution in [2.75, 3.05) is 11.1 Å². The second-order valence-electron chi connectivity index (χ2n) is 6.90. The van der Waals surface area contributed by atoms with E-state index in [1.165, 1.54) is 35.5 Å². The number of thioether (sulfide) groups is 1.